The predicted octanol–water partition coefficient (Wildman–Crippen LogP) is -0.00570. The summed E-state index contributed by atoms with van der Waals surface area (Å²) in [4.78, 5) is 9.51. The number of rotatable bonds is 1. The molecule has 0 amide bonds. The summed E-state index contributed by atoms with van der Waals surface area (Å²) in [6.45, 7) is 1.66. The van der Waals surface area contributed by atoms with E-state index in [1.54, 1.807) is 6.92 Å². The maximum atomic E-state index is 9.51. The molecule has 0 fully saturated rings. The standard InChI is InChI=1S/C4H6O2.H2O4S/c1-2-3-4(5)6;1-5(2,3)4/h2-3H,1H3,(H,5,6);(H2,1,2,3,4). The highest BCUT2D eigenvalue weighted by Gasteiger charge is 1.84. The fourth-order valence-corrected chi connectivity index (χ4v) is 0.143. The minimum absolute atomic E-state index is 0.891. The Labute approximate surface area is 63.7 Å². The molecule has 66 valence electrons. The van der Waals surface area contributed by atoms with E-state index in [0.29, 0.717) is 0 Å². The van der Waals surface area contributed by atoms with Gasteiger partial charge in [-0.3, -0.25) is 9.11 Å². The van der Waals surface area contributed by atoms with Gasteiger partial charge in [-0.2, -0.15) is 8.42 Å². The number of carboxylic acid groups (broad SMARTS) is 1. The Morgan fingerprint density at radius 3 is 1.64 bits per heavy atom. The van der Waals surface area contributed by atoms with Gasteiger partial charge in [0.05, 0.1) is 0 Å². The minimum Gasteiger partial charge on any atom is -0.478 e. The van der Waals surface area contributed by atoms with Crippen molar-refractivity contribution >= 4 is 16.4 Å². The molecular weight excluding hydrogens is 176 g/mol. The highest BCUT2D eigenvalue weighted by Crippen LogP contribution is 1.65. The number of hydrogen-bond acceptors (Lipinski definition) is 3. The molecular formula is C4H8O6S. The first-order chi connectivity index (χ1) is 4.77. The second-order valence-electron chi connectivity index (χ2n) is 1.29. The van der Waals surface area contributed by atoms with Crippen LogP contribution >= 0.6 is 0 Å². The van der Waals surface area contributed by atoms with E-state index in [1.807, 2.05) is 0 Å². The molecule has 0 aromatic carbocycles. The van der Waals surface area contributed by atoms with Crippen LogP contribution in [0, 0.1) is 0 Å². The molecule has 0 atom stereocenters. The van der Waals surface area contributed by atoms with E-state index >= 15 is 0 Å². The molecule has 0 aromatic rings. The molecule has 0 radical (unpaired) electrons. The first-order valence-corrected chi connectivity index (χ1v) is 3.72. The lowest BCUT2D eigenvalue weighted by molar-refractivity contribution is -0.131. The summed E-state index contributed by atoms with van der Waals surface area (Å²) < 4.78 is 31.6. The van der Waals surface area contributed by atoms with Crippen LogP contribution in [0.1, 0.15) is 6.92 Å². The largest absolute Gasteiger partial charge is 0.478 e. The van der Waals surface area contributed by atoms with Gasteiger partial charge in [-0.05, 0) is 6.92 Å². The molecule has 0 aromatic heterocycles. The Bertz CT molecular complexity index is 217. The fraction of sp³-hybridized carbons (Fsp3) is 0.250. The number of hydrogen-bond donors (Lipinski definition) is 3. The lowest BCUT2D eigenvalue weighted by Gasteiger charge is -1.68. The van der Waals surface area contributed by atoms with Gasteiger partial charge >= 0.3 is 16.4 Å². The number of carboxylic acids is 1. The summed E-state index contributed by atoms with van der Waals surface area (Å²) >= 11 is 0. The van der Waals surface area contributed by atoms with Crippen LogP contribution in [0.4, 0.5) is 0 Å². The van der Waals surface area contributed by atoms with Gasteiger partial charge in [-0.25, -0.2) is 4.79 Å². The minimum atomic E-state index is -4.67. The van der Waals surface area contributed by atoms with Crippen LogP contribution in [0.3, 0.4) is 0 Å². The molecule has 0 saturated carbocycles. The second-order valence-corrected chi connectivity index (χ2v) is 2.18. The van der Waals surface area contributed by atoms with E-state index in [2.05, 4.69) is 0 Å². The van der Waals surface area contributed by atoms with Crippen LogP contribution < -0.4 is 0 Å². The normalized spacial score (nSPS) is 10.5. The van der Waals surface area contributed by atoms with Gasteiger partial charge in [-0.15, -0.1) is 0 Å². The van der Waals surface area contributed by atoms with E-state index < -0.39 is 16.4 Å². The lowest BCUT2D eigenvalue weighted by Crippen LogP contribution is -1.89. The second kappa shape index (κ2) is 5.83. The van der Waals surface area contributed by atoms with Crippen molar-refractivity contribution < 1.29 is 27.4 Å². The van der Waals surface area contributed by atoms with E-state index in [9.17, 15) is 4.79 Å². The first kappa shape index (κ1) is 12.7. The molecule has 11 heavy (non-hydrogen) atoms. The highest BCUT2D eigenvalue weighted by atomic mass is 32.3. The van der Waals surface area contributed by atoms with Crippen LogP contribution in [0.5, 0.6) is 0 Å². The molecule has 3 N–H and O–H groups in total. The monoisotopic (exact) mass is 184 g/mol. The number of carbonyl (C=O) groups is 1. The van der Waals surface area contributed by atoms with E-state index in [4.69, 9.17) is 22.6 Å². The van der Waals surface area contributed by atoms with E-state index in [-0.39, 0.29) is 0 Å². The van der Waals surface area contributed by atoms with Crippen molar-refractivity contribution in [2.24, 2.45) is 0 Å². The zero-order valence-corrected chi connectivity index (χ0v) is 6.45. The van der Waals surface area contributed by atoms with Crippen molar-refractivity contribution in [1.29, 1.82) is 0 Å². The van der Waals surface area contributed by atoms with Gasteiger partial charge in [0.25, 0.3) is 0 Å². The molecule has 7 heteroatoms. The maximum absolute atomic E-state index is 9.51. The average Bonchev–Trinajstić information content (AvgIpc) is 1.58. The van der Waals surface area contributed by atoms with Gasteiger partial charge in [-0.1, -0.05) is 6.08 Å². The van der Waals surface area contributed by atoms with Crippen LogP contribution in [0.15, 0.2) is 12.2 Å². The van der Waals surface area contributed by atoms with Gasteiger partial charge in [0, 0.05) is 6.08 Å². The van der Waals surface area contributed by atoms with Crippen molar-refractivity contribution in [3.8, 4) is 0 Å². The average molecular weight is 184 g/mol. The molecule has 0 bridgehead atoms. The summed E-state index contributed by atoms with van der Waals surface area (Å²) in [7, 11) is -4.67. The Morgan fingerprint density at radius 1 is 1.36 bits per heavy atom. The van der Waals surface area contributed by atoms with Crippen LogP contribution in [0.25, 0.3) is 0 Å². The molecule has 0 saturated heterocycles. The van der Waals surface area contributed by atoms with Crippen molar-refractivity contribution in [2.75, 3.05) is 0 Å². The lowest BCUT2D eigenvalue weighted by atomic mass is 10.5. The van der Waals surface area contributed by atoms with Gasteiger partial charge in [0.1, 0.15) is 0 Å². The quantitative estimate of drug-likeness (QED) is 0.390. The molecule has 0 unspecified atom stereocenters. The smallest absolute Gasteiger partial charge is 0.394 e. The Morgan fingerprint density at radius 2 is 1.64 bits per heavy atom. The summed E-state index contributed by atoms with van der Waals surface area (Å²) in [5.74, 6) is -0.891. The molecule has 0 aliphatic heterocycles. The van der Waals surface area contributed by atoms with Crippen molar-refractivity contribution in [3.05, 3.63) is 12.2 Å². The van der Waals surface area contributed by atoms with Crippen molar-refractivity contribution in [2.45, 2.75) is 6.92 Å². The fourth-order valence-electron chi connectivity index (χ4n) is 0.143. The molecule has 0 rings (SSSR count). The SMILES string of the molecule is CC=CC(=O)O.O=S(=O)(O)O. The van der Waals surface area contributed by atoms with Crippen molar-refractivity contribution in [3.63, 3.8) is 0 Å². The van der Waals surface area contributed by atoms with Crippen molar-refractivity contribution in [1.82, 2.24) is 0 Å². The zero-order chi connectivity index (χ0) is 9.49. The third kappa shape index (κ3) is 105. The maximum Gasteiger partial charge on any atom is 0.394 e. The molecule has 0 heterocycles. The number of aliphatic carboxylic acids is 1. The molecule has 0 spiro atoms. The topological polar surface area (TPSA) is 112 Å². The predicted molar refractivity (Wildman–Crippen MR) is 36.6 cm³/mol. The summed E-state index contributed by atoms with van der Waals surface area (Å²) in [6.07, 6.45) is 2.56. The van der Waals surface area contributed by atoms with Crippen LogP contribution in [-0.2, 0) is 15.2 Å². The van der Waals surface area contributed by atoms with E-state index in [0.717, 1.165) is 6.08 Å². The van der Waals surface area contributed by atoms with Gasteiger partial charge in [0.2, 0.25) is 0 Å². The summed E-state index contributed by atoms with van der Waals surface area (Å²) in [5, 5.41) is 7.83. The Hall–Kier alpha value is -0.920. The highest BCUT2D eigenvalue weighted by molar-refractivity contribution is 7.79. The third-order valence-corrected chi connectivity index (χ3v) is 0.309. The molecule has 0 aliphatic carbocycles. The van der Waals surface area contributed by atoms with E-state index in [1.165, 1.54) is 6.08 Å². The Balaban J connectivity index is 0. The van der Waals surface area contributed by atoms with Crippen LogP contribution in [0.2, 0.25) is 0 Å². The van der Waals surface area contributed by atoms with Gasteiger partial charge < -0.3 is 5.11 Å². The molecule has 6 nitrogen and oxygen atoms in total. The third-order valence-electron chi connectivity index (χ3n) is 0.309. The molecule has 0 aliphatic rings. The zero-order valence-electron chi connectivity index (χ0n) is 5.63. The van der Waals surface area contributed by atoms with Gasteiger partial charge in [0.15, 0.2) is 0 Å². The number of allylic oxidation sites excluding steroid dienone is 1. The Kier molecular flexibility index (Phi) is 6.75. The first-order valence-electron chi connectivity index (χ1n) is 2.33. The summed E-state index contributed by atoms with van der Waals surface area (Å²) in [5.41, 5.74) is 0. The van der Waals surface area contributed by atoms with Crippen LogP contribution in [-0.4, -0.2) is 28.6 Å². The summed E-state index contributed by atoms with van der Waals surface area (Å²) in [6, 6.07) is 0.